The van der Waals surface area contributed by atoms with Crippen molar-refractivity contribution in [1.82, 2.24) is 33.5 Å². The van der Waals surface area contributed by atoms with E-state index in [9.17, 15) is 14.5 Å². The van der Waals surface area contributed by atoms with Gasteiger partial charge < -0.3 is 42.5 Å². The van der Waals surface area contributed by atoms with Crippen molar-refractivity contribution in [2.75, 3.05) is 31.7 Å². The highest BCUT2D eigenvalue weighted by Gasteiger charge is 2.55. The highest BCUT2D eigenvalue weighted by atomic mass is 32.5. The zero-order chi connectivity index (χ0) is 45.6. The summed E-state index contributed by atoms with van der Waals surface area (Å²) in [5, 5.41) is 2.51. The number of hydrogen-bond donors (Lipinski definition) is 2. The van der Waals surface area contributed by atoms with Gasteiger partial charge in [-0.15, -0.1) is 4.67 Å². The summed E-state index contributed by atoms with van der Waals surface area (Å²) in [6, 6.07) is 10.0. The first-order chi connectivity index (χ1) is 30.4. The van der Waals surface area contributed by atoms with Gasteiger partial charge in [0.2, 0.25) is 12.3 Å². The topological polar surface area (TPSA) is 220 Å². The van der Waals surface area contributed by atoms with Gasteiger partial charge in [0.15, 0.2) is 43.9 Å². The van der Waals surface area contributed by atoms with Crippen LogP contribution in [0.5, 0.6) is 0 Å². The predicted molar refractivity (Wildman–Crippen MR) is 239 cm³/mol. The standard InChI is InChI=1S/C38H47N9O12P2S2Si/c1-23-25-19-53-61(63,51-18-15-39-5)59-56-30-26(20-52-60(50,62)57-29(23)35(54-25)46-16-13-27(48)45-17-14-40-37(45)46)55-36(31(30)58-64(6,7)38(2,3)4)47-22-43-28-32(41-21-42-33(28)47)44-34(49)24-11-9-8-10-12-24/h8-14,16-17,21-23,25-26,29-31,35-36H,15,18-20H2,1-4,6-7H3,(H,50,62)(H,41,42,44,49)/t23-,25-,26-,29-,30-,31-,35-,36-,60?,61?/m1/s1. The SMILES string of the molecule is [C-]#[N+]CCOP1(=S)OC[C@H]2O[C@@H](n3ccc(=O)n4ccnc34)[C@H](OP(O)(=S)OC[C@H]3O[C@@H](n4cnc5c(NC(=O)c6ccccc6)ncnc54)[C@H](O[Si](C)(C)C(C)(C)C)[C@@H]3OO1)[C@@H]2C. The second-order valence-electron chi connectivity index (χ2n) is 16.8. The van der Waals surface area contributed by atoms with Crippen LogP contribution in [0.1, 0.15) is 50.5 Å². The monoisotopic (exact) mass is 975 g/mol. The molecule has 342 valence electrons. The average Bonchev–Trinajstić information content (AvgIpc) is 4.05. The van der Waals surface area contributed by atoms with Crippen LogP contribution in [0.15, 0.2) is 72.4 Å². The number of nitrogens with one attached hydrogen (secondary N) is 1. The number of carbonyl (C=O) groups excluding carboxylic acids is 1. The molecule has 2 unspecified atom stereocenters. The third-order valence-corrected chi connectivity index (χ3v) is 19.7. The second-order valence-corrected chi connectivity index (χ2v) is 27.2. The molecule has 3 fully saturated rings. The first-order valence-electron chi connectivity index (χ1n) is 20.2. The van der Waals surface area contributed by atoms with E-state index < -0.39 is 83.2 Å². The van der Waals surface area contributed by atoms with E-state index >= 15 is 0 Å². The van der Waals surface area contributed by atoms with E-state index in [2.05, 4.69) is 64.0 Å². The lowest BCUT2D eigenvalue weighted by molar-refractivity contribution is -0.276. The molecule has 3 aliphatic heterocycles. The van der Waals surface area contributed by atoms with Gasteiger partial charge in [0.1, 0.15) is 31.2 Å². The number of aromatic nitrogens is 7. The van der Waals surface area contributed by atoms with E-state index in [1.54, 1.807) is 33.4 Å². The van der Waals surface area contributed by atoms with Gasteiger partial charge in [-0.3, -0.25) is 27.6 Å². The first kappa shape index (κ1) is 46.8. The smallest absolute Gasteiger partial charge is 0.355 e. The number of rotatable bonds is 9. The Labute approximate surface area is 378 Å². The van der Waals surface area contributed by atoms with Crippen LogP contribution in [0.2, 0.25) is 18.1 Å². The molecule has 26 heteroatoms. The number of imidazole rings is 2. The van der Waals surface area contributed by atoms with Crippen molar-refractivity contribution in [3.8, 4) is 0 Å². The maximum atomic E-state index is 13.2. The molecule has 1 amide bonds. The number of carbonyl (C=O) groups is 1. The highest BCUT2D eigenvalue weighted by molar-refractivity contribution is 8.07. The lowest BCUT2D eigenvalue weighted by Gasteiger charge is -2.40. The Bertz CT molecular complexity index is 2720. The van der Waals surface area contributed by atoms with Crippen LogP contribution in [0.25, 0.3) is 21.8 Å². The molecule has 3 saturated heterocycles. The molecule has 0 saturated carbocycles. The van der Waals surface area contributed by atoms with Gasteiger partial charge in [-0.25, -0.2) is 31.4 Å². The zero-order valence-electron chi connectivity index (χ0n) is 35.5. The van der Waals surface area contributed by atoms with Crippen LogP contribution >= 0.6 is 13.4 Å². The number of ether oxygens (including phenoxy) is 2. The van der Waals surface area contributed by atoms with Gasteiger partial charge in [0.25, 0.3) is 11.5 Å². The first-order valence-corrected chi connectivity index (χ1v) is 28.2. The van der Waals surface area contributed by atoms with Crippen LogP contribution < -0.4 is 10.9 Å². The summed E-state index contributed by atoms with van der Waals surface area (Å²) in [7, 11) is -2.71. The summed E-state index contributed by atoms with van der Waals surface area (Å²) >= 11 is 11.6. The van der Waals surface area contributed by atoms with Gasteiger partial charge in [0, 0.05) is 36.1 Å². The third kappa shape index (κ3) is 9.58. The molecule has 64 heavy (non-hydrogen) atoms. The predicted octanol–water partition coefficient (Wildman–Crippen LogP) is 5.54. The fourth-order valence-corrected chi connectivity index (χ4v) is 11.5. The van der Waals surface area contributed by atoms with Crippen molar-refractivity contribution < 1.29 is 51.2 Å². The maximum absolute atomic E-state index is 13.2. The molecule has 21 nitrogen and oxygen atoms in total. The Kier molecular flexibility index (Phi) is 13.5. The minimum absolute atomic E-state index is 0.0429. The number of anilines is 1. The molecule has 0 spiro atoms. The Morgan fingerprint density at radius 2 is 1.77 bits per heavy atom. The van der Waals surface area contributed by atoms with Gasteiger partial charge in [0.05, 0.1) is 25.6 Å². The summed E-state index contributed by atoms with van der Waals surface area (Å²) < 4.78 is 55.6. The van der Waals surface area contributed by atoms with Crippen molar-refractivity contribution in [2.45, 2.75) is 88.8 Å². The van der Waals surface area contributed by atoms with E-state index in [-0.39, 0.29) is 53.1 Å². The summed E-state index contributed by atoms with van der Waals surface area (Å²) in [4.78, 5) is 65.1. The average molecular weight is 976 g/mol. The summed E-state index contributed by atoms with van der Waals surface area (Å²) in [5.74, 6) is -0.522. The molecule has 0 radical (unpaired) electrons. The van der Waals surface area contributed by atoms with Crippen LogP contribution in [-0.2, 0) is 65.2 Å². The third-order valence-electron chi connectivity index (χ3n) is 11.6. The molecule has 2 bridgehead atoms. The molecular weight excluding hydrogens is 929 g/mol. The number of hydrogen-bond acceptors (Lipinski definition) is 17. The molecule has 1 aromatic carbocycles. The summed E-state index contributed by atoms with van der Waals surface area (Å²) in [6.07, 6.45) is 0.242. The second kappa shape index (κ2) is 18.5. The molecule has 5 aromatic rings. The number of fused-ring (bicyclic) bond motifs is 5. The molecule has 2 N–H and O–H groups in total. The summed E-state index contributed by atoms with van der Waals surface area (Å²) in [5.41, 5.74) is 0.654. The number of benzene rings is 1. The molecule has 0 aliphatic carbocycles. The van der Waals surface area contributed by atoms with Crippen molar-refractivity contribution in [3.63, 3.8) is 0 Å². The normalized spacial score (nSPS) is 30.5. The van der Waals surface area contributed by atoms with E-state index in [1.807, 2.05) is 13.0 Å². The van der Waals surface area contributed by atoms with E-state index in [0.29, 0.717) is 5.56 Å². The Hall–Kier alpha value is -3.73. The highest BCUT2D eigenvalue weighted by Crippen LogP contribution is 2.56. The largest absolute Gasteiger partial charge is 0.406 e. The molecule has 10 atom stereocenters. The van der Waals surface area contributed by atoms with Crippen LogP contribution in [0.4, 0.5) is 5.82 Å². The zero-order valence-corrected chi connectivity index (χ0v) is 39.9. The fourth-order valence-electron chi connectivity index (χ4n) is 7.18. The number of nitrogens with zero attached hydrogens (tertiary/aromatic N) is 8. The van der Waals surface area contributed by atoms with E-state index in [1.165, 1.54) is 41.7 Å². The molecular formula is C38H47N9O12P2S2Si. The molecule has 8 rings (SSSR count). The van der Waals surface area contributed by atoms with Crippen molar-refractivity contribution in [1.29, 1.82) is 0 Å². The fraction of sp³-hybridized carbons (Fsp3) is 0.500. The van der Waals surface area contributed by atoms with Crippen molar-refractivity contribution in [2.24, 2.45) is 5.92 Å². The van der Waals surface area contributed by atoms with Gasteiger partial charge in [-0.2, -0.15) is 0 Å². The Morgan fingerprint density at radius 3 is 2.52 bits per heavy atom. The van der Waals surface area contributed by atoms with Crippen LogP contribution in [-0.4, -0.2) is 109 Å². The molecule has 7 heterocycles. The van der Waals surface area contributed by atoms with Gasteiger partial charge in [-0.1, -0.05) is 45.9 Å². The quantitative estimate of drug-likeness (QED) is 0.0609. The number of amides is 1. The Balaban J connectivity index is 1.17. The van der Waals surface area contributed by atoms with Crippen molar-refractivity contribution in [3.05, 3.63) is 95.0 Å². The van der Waals surface area contributed by atoms with Crippen LogP contribution in [0, 0.1) is 12.5 Å². The molecule has 4 aromatic heterocycles. The van der Waals surface area contributed by atoms with Gasteiger partial charge >= 0.3 is 13.4 Å². The lowest BCUT2D eigenvalue weighted by Crippen LogP contribution is -2.49. The van der Waals surface area contributed by atoms with E-state index in [0.717, 1.165) is 0 Å². The van der Waals surface area contributed by atoms with Crippen LogP contribution in [0.3, 0.4) is 0 Å². The van der Waals surface area contributed by atoms with Crippen molar-refractivity contribution >= 4 is 74.0 Å². The maximum Gasteiger partial charge on any atom is 0.355 e. The van der Waals surface area contributed by atoms with Gasteiger partial charge in [-0.05, 0) is 53.9 Å². The molecule has 3 aliphatic rings. The Morgan fingerprint density at radius 1 is 1.02 bits per heavy atom. The minimum atomic E-state index is -4.15. The van der Waals surface area contributed by atoms with E-state index in [4.69, 9.17) is 71.7 Å². The summed E-state index contributed by atoms with van der Waals surface area (Å²) in [6.45, 7) is 10.7. The lowest BCUT2D eigenvalue weighted by atomic mass is 10.0. The minimum Gasteiger partial charge on any atom is -0.406 e.